The molecular formula is C24H31NO3. The summed E-state index contributed by atoms with van der Waals surface area (Å²) in [6.45, 7) is 7.40. The van der Waals surface area contributed by atoms with Crippen molar-refractivity contribution in [2.24, 2.45) is 5.41 Å². The van der Waals surface area contributed by atoms with Crippen molar-refractivity contribution in [3.05, 3.63) is 59.2 Å². The molecule has 1 aliphatic heterocycles. The molecule has 0 aromatic heterocycles. The molecule has 0 spiro atoms. The Morgan fingerprint density at radius 3 is 2.25 bits per heavy atom. The molecule has 0 bridgehead atoms. The van der Waals surface area contributed by atoms with E-state index in [1.54, 1.807) is 6.92 Å². The number of hydrogen-bond donors (Lipinski definition) is 2. The van der Waals surface area contributed by atoms with Crippen LogP contribution in [0, 0.1) is 19.3 Å². The lowest BCUT2D eigenvalue weighted by molar-refractivity contribution is -0.137. The van der Waals surface area contributed by atoms with Gasteiger partial charge in [0.05, 0.1) is 11.5 Å². The van der Waals surface area contributed by atoms with Gasteiger partial charge in [0.25, 0.3) is 0 Å². The Hall–Kier alpha value is -2.17. The highest BCUT2D eigenvalue weighted by atomic mass is 16.5. The van der Waals surface area contributed by atoms with E-state index in [0.29, 0.717) is 32.5 Å². The van der Waals surface area contributed by atoms with Gasteiger partial charge in [0.1, 0.15) is 0 Å². The largest absolute Gasteiger partial charge is 0.392 e. The number of aliphatic hydroxyl groups excluding tert-OH is 1. The number of aliphatic hydroxyl groups is 1. The molecule has 150 valence electrons. The van der Waals surface area contributed by atoms with Gasteiger partial charge < -0.3 is 15.2 Å². The third-order valence-corrected chi connectivity index (χ3v) is 5.54. The fraction of sp³-hybridized carbons (Fsp3) is 0.458. The predicted molar refractivity (Wildman–Crippen MR) is 112 cm³/mol. The molecule has 1 aliphatic rings. The molecule has 1 amide bonds. The Bertz CT molecular complexity index is 785. The SMILES string of the molecule is Cc1cc(C)cc(-c2ccc(CC3(C(=O)NCC(C)O)CCOCC3)cc2)c1. The van der Waals surface area contributed by atoms with Crippen LogP contribution in [0.15, 0.2) is 42.5 Å². The van der Waals surface area contributed by atoms with Crippen LogP contribution in [0.25, 0.3) is 11.1 Å². The highest BCUT2D eigenvalue weighted by Crippen LogP contribution is 2.35. The summed E-state index contributed by atoms with van der Waals surface area (Å²) in [6.07, 6.45) is 1.56. The lowest BCUT2D eigenvalue weighted by Gasteiger charge is -2.36. The van der Waals surface area contributed by atoms with Crippen LogP contribution in [0.3, 0.4) is 0 Å². The Labute approximate surface area is 167 Å². The third-order valence-electron chi connectivity index (χ3n) is 5.54. The zero-order valence-electron chi connectivity index (χ0n) is 17.1. The van der Waals surface area contributed by atoms with Gasteiger partial charge in [-0.15, -0.1) is 0 Å². The van der Waals surface area contributed by atoms with Crippen molar-refractivity contribution in [1.29, 1.82) is 0 Å². The molecule has 0 saturated carbocycles. The molecule has 1 unspecified atom stereocenters. The summed E-state index contributed by atoms with van der Waals surface area (Å²) in [7, 11) is 0. The van der Waals surface area contributed by atoms with E-state index in [2.05, 4.69) is 61.6 Å². The molecule has 28 heavy (non-hydrogen) atoms. The topological polar surface area (TPSA) is 58.6 Å². The maximum Gasteiger partial charge on any atom is 0.226 e. The second-order valence-corrected chi connectivity index (χ2v) is 8.20. The first-order valence-electron chi connectivity index (χ1n) is 10.1. The van der Waals surface area contributed by atoms with Gasteiger partial charge in [-0.05, 0) is 56.7 Å². The minimum absolute atomic E-state index is 0.0232. The van der Waals surface area contributed by atoms with Crippen LogP contribution < -0.4 is 5.32 Å². The number of rotatable bonds is 6. The minimum Gasteiger partial charge on any atom is -0.392 e. The predicted octanol–water partition coefficient (Wildman–Crippen LogP) is 3.81. The molecule has 3 rings (SSSR count). The number of benzene rings is 2. The maximum absolute atomic E-state index is 12.9. The van der Waals surface area contributed by atoms with Gasteiger partial charge in [-0.25, -0.2) is 0 Å². The standard InChI is InChI=1S/C24H31NO3/c1-17-12-18(2)14-22(13-17)21-6-4-20(5-7-21)15-24(8-10-28-11-9-24)23(27)25-16-19(3)26/h4-7,12-14,19,26H,8-11,15-16H2,1-3H3,(H,25,27). The highest BCUT2D eigenvalue weighted by Gasteiger charge is 2.40. The fourth-order valence-corrected chi connectivity index (χ4v) is 4.02. The molecule has 0 aliphatic carbocycles. The maximum atomic E-state index is 12.9. The van der Waals surface area contributed by atoms with E-state index in [0.717, 1.165) is 5.56 Å². The van der Waals surface area contributed by atoms with E-state index >= 15 is 0 Å². The zero-order chi connectivity index (χ0) is 20.1. The average Bonchev–Trinajstić information content (AvgIpc) is 2.66. The number of carbonyl (C=O) groups excluding carboxylic acids is 1. The van der Waals surface area contributed by atoms with Crippen LogP contribution in [0.1, 0.15) is 36.5 Å². The summed E-state index contributed by atoms with van der Waals surface area (Å²) in [4.78, 5) is 12.9. The summed E-state index contributed by atoms with van der Waals surface area (Å²) in [5.41, 5.74) is 5.62. The Kier molecular flexibility index (Phi) is 6.53. The van der Waals surface area contributed by atoms with E-state index in [1.165, 1.54) is 22.3 Å². The van der Waals surface area contributed by atoms with Crippen molar-refractivity contribution in [2.45, 2.75) is 46.1 Å². The van der Waals surface area contributed by atoms with Gasteiger partial charge in [-0.3, -0.25) is 4.79 Å². The summed E-state index contributed by atoms with van der Waals surface area (Å²) in [6, 6.07) is 15.1. The Balaban J connectivity index is 1.78. The van der Waals surface area contributed by atoms with Crippen molar-refractivity contribution in [2.75, 3.05) is 19.8 Å². The number of amides is 1. The first-order valence-corrected chi connectivity index (χ1v) is 10.1. The van der Waals surface area contributed by atoms with Crippen molar-refractivity contribution < 1.29 is 14.6 Å². The van der Waals surface area contributed by atoms with E-state index in [-0.39, 0.29) is 12.5 Å². The summed E-state index contributed by atoms with van der Waals surface area (Å²) < 4.78 is 5.51. The molecular weight excluding hydrogens is 350 g/mol. The summed E-state index contributed by atoms with van der Waals surface area (Å²) in [5.74, 6) is 0.0232. The summed E-state index contributed by atoms with van der Waals surface area (Å²) >= 11 is 0. The van der Waals surface area contributed by atoms with Crippen LogP contribution in [0.5, 0.6) is 0 Å². The second-order valence-electron chi connectivity index (χ2n) is 8.20. The molecule has 1 atom stereocenters. The number of nitrogens with one attached hydrogen (secondary N) is 1. The van der Waals surface area contributed by atoms with Crippen LogP contribution in [-0.4, -0.2) is 36.9 Å². The monoisotopic (exact) mass is 381 g/mol. The van der Waals surface area contributed by atoms with Gasteiger partial charge in [-0.1, -0.05) is 53.6 Å². The average molecular weight is 382 g/mol. The van der Waals surface area contributed by atoms with Crippen LogP contribution in [0.4, 0.5) is 0 Å². The van der Waals surface area contributed by atoms with Crippen molar-refractivity contribution >= 4 is 5.91 Å². The first kappa shape index (κ1) is 20.6. The Morgan fingerprint density at radius 1 is 1.07 bits per heavy atom. The quantitative estimate of drug-likeness (QED) is 0.800. The van der Waals surface area contributed by atoms with Gasteiger partial charge in [0, 0.05) is 19.8 Å². The summed E-state index contributed by atoms with van der Waals surface area (Å²) in [5, 5.41) is 12.4. The number of aryl methyl sites for hydroxylation is 2. The molecule has 1 fully saturated rings. The first-order chi connectivity index (χ1) is 13.4. The van der Waals surface area contributed by atoms with Crippen molar-refractivity contribution in [3.63, 3.8) is 0 Å². The van der Waals surface area contributed by atoms with E-state index in [1.807, 2.05) is 0 Å². The van der Waals surface area contributed by atoms with Crippen LogP contribution >= 0.6 is 0 Å². The minimum atomic E-state index is -0.544. The Morgan fingerprint density at radius 2 is 1.68 bits per heavy atom. The van der Waals surface area contributed by atoms with Gasteiger partial charge in [-0.2, -0.15) is 0 Å². The molecule has 1 saturated heterocycles. The van der Waals surface area contributed by atoms with E-state index in [4.69, 9.17) is 4.74 Å². The van der Waals surface area contributed by atoms with Gasteiger partial charge >= 0.3 is 0 Å². The number of ether oxygens (including phenoxy) is 1. The molecule has 2 aromatic carbocycles. The van der Waals surface area contributed by atoms with E-state index < -0.39 is 11.5 Å². The lowest BCUT2D eigenvalue weighted by Crippen LogP contribution is -2.47. The number of carbonyl (C=O) groups is 1. The van der Waals surface area contributed by atoms with Crippen LogP contribution in [0.2, 0.25) is 0 Å². The smallest absolute Gasteiger partial charge is 0.226 e. The fourth-order valence-electron chi connectivity index (χ4n) is 4.02. The van der Waals surface area contributed by atoms with Gasteiger partial charge in [0.15, 0.2) is 0 Å². The van der Waals surface area contributed by atoms with Gasteiger partial charge in [0.2, 0.25) is 5.91 Å². The van der Waals surface area contributed by atoms with Crippen LogP contribution in [-0.2, 0) is 16.0 Å². The zero-order valence-corrected chi connectivity index (χ0v) is 17.1. The molecule has 4 heteroatoms. The molecule has 4 nitrogen and oxygen atoms in total. The second kappa shape index (κ2) is 8.89. The van der Waals surface area contributed by atoms with Crippen molar-refractivity contribution in [3.8, 4) is 11.1 Å². The molecule has 2 N–H and O–H groups in total. The molecule has 0 radical (unpaired) electrons. The lowest BCUT2D eigenvalue weighted by atomic mass is 9.74. The highest BCUT2D eigenvalue weighted by molar-refractivity contribution is 5.83. The third kappa shape index (κ3) is 5.00. The number of hydrogen-bond acceptors (Lipinski definition) is 3. The normalized spacial score (nSPS) is 17.1. The molecule has 2 aromatic rings. The molecule has 1 heterocycles. The van der Waals surface area contributed by atoms with Crippen molar-refractivity contribution in [1.82, 2.24) is 5.32 Å². The van der Waals surface area contributed by atoms with E-state index in [9.17, 15) is 9.90 Å².